The first-order valence-corrected chi connectivity index (χ1v) is 14.0. The smallest absolute Gasteiger partial charge is 0.248 e. The third kappa shape index (κ3) is 6.15. The molecular formula is C25H39N3O4S. The Morgan fingerprint density at radius 3 is 2.09 bits per heavy atom. The Labute approximate surface area is 199 Å². The molecule has 0 radical (unpaired) electrons. The lowest BCUT2D eigenvalue weighted by molar-refractivity contribution is -0.143. The number of carbonyl (C=O) groups excluding carboxylic acids is 2. The Bertz CT molecular complexity index is 898. The van der Waals surface area contributed by atoms with Crippen LogP contribution in [0.15, 0.2) is 29.2 Å². The summed E-state index contributed by atoms with van der Waals surface area (Å²) in [6, 6.07) is 6.87. The van der Waals surface area contributed by atoms with Crippen molar-refractivity contribution in [3.8, 4) is 0 Å². The van der Waals surface area contributed by atoms with Crippen LogP contribution < -0.4 is 5.32 Å². The molecule has 0 unspecified atom stereocenters. The maximum Gasteiger partial charge on any atom is 0.248 e. The highest BCUT2D eigenvalue weighted by molar-refractivity contribution is 7.89. The van der Waals surface area contributed by atoms with E-state index in [2.05, 4.69) is 5.32 Å². The number of nitrogens with zero attached hydrogens (tertiary/aromatic N) is 2. The van der Waals surface area contributed by atoms with Crippen molar-refractivity contribution in [2.24, 2.45) is 0 Å². The minimum atomic E-state index is -3.45. The zero-order valence-corrected chi connectivity index (χ0v) is 21.0. The zero-order chi connectivity index (χ0) is 23.9. The van der Waals surface area contributed by atoms with Crippen LogP contribution in [0, 0.1) is 0 Å². The standard InChI is InChI=1S/C25H39N3O4S/c1-3-27(4-2)24(30)25(17-7-5-8-18-25)26-23(29)16-13-21-11-14-22(15-12-21)33(31,32)28-19-9-6-10-20-28/h11-12,14-15H,3-10,13,16-20H2,1-2H3,(H,26,29). The highest BCUT2D eigenvalue weighted by Gasteiger charge is 2.42. The summed E-state index contributed by atoms with van der Waals surface area (Å²) in [5, 5.41) is 3.10. The van der Waals surface area contributed by atoms with E-state index in [9.17, 15) is 18.0 Å². The monoisotopic (exact) mass is 477 g/mol. The van der Waals surface area contributed by atoms with E-state index in [-0.39, 0.29) is 18.2 Å². The van der Waals surface area contributed by atoms with Gasteiger partial charge in [-0.05, 0) is 63.6 Å². The molecule has 1 saturated carbocycles. The highest BCUT2D eigenvalue weighted by atomic mass is 32.2. The average molecular weight is 478 g/mol. The van der Waals surface area contributed by atoms with Gasteiger partial charge in [-0.15, -0.1) is 0 Å². The molecule has 7 nitrogen and oxygen atoms in total. The molecule has 184 valence electrons. The molecule has 1 aromatic carbocycles. The van der Waals surface area contributed by atoms with E-state index in [1.165, 1.54) is 0 Å². The number of aryl methyl sites for hydroxylation is 1. The second-order valence-corrected chi connectivity index (χ2v) is 11.2. The van der Waals surface area contributed by atoms with Gasteiger partial charge >= 0.3 is 0 Å². The summed E-state index contributed by atoms with van der Waals surface area (Å²) in [7, 11) is -3.45. The van der Waals surface area contributed by atoms with Crippen molar-refractivity contribution in [2.75, 3.05) is 26.2 Å². The van der Waals surface area contributed by atoms with Gasteiger partial charge in [0.2, 0.25) is 21.8 Å². The van der Waals surface area contributed by atoms with Crippen LogP contribution in [0.5, 0.6) is 0 Å². The minimum absolute atomic E-state index is 0.0350. The van der Waals surface area contributed by atoms with Gasteiger partial charge < -0.3 is 10.2 Å². The molecule has 1 aliphatic heterocycles. The maximum atomic E-state index is 13.2. The summed E-state index contributed by atoms with van der Waals surface area (Å²) in [6.07, 6.45) is 8.03. The van der Waals surface area contributed by atoms with Crippen molar-refractivity contribution in [3.63, 3.8) is 0 Å². The molecule has 1 N–H and O–H groups in total. The Morgan fingerprint density at radius 1 is 0.939 bits per heavy atom. The molecule has 0 bridgehead atoms. The van der Waals surface area contributed by atoms with E-state index in [4.69, 9.17) is 0 Å². The van der Waals surface area contributed by atoms with Crippen molar-refractivity contribution in [2.45, 2.75) is 88.5 Å². The number of likely N-dealkylation sites (N-methyl/N-ethyl adjacent to an activating group) is 1. The molecule has 1 aliphatic carbocycles. The van der Waals surface area contributed by atoms with Crippen LogP contribution in [0.3, 0.4) is 0 Å². The molecule has 1 saturated heterocycles. The fourth-order valence-electron chi connectivity index (χ4n) is 5.03. The number of sulfonamides is 1. The molecule has 1 aromatic rings. The summed E-state index contributed by atoms with van der Waals surface area (Å²) in [4.78, 5) is 28.2. The number of rotatable bonds is 9. The van der Waals surface area contributed by atoms with Crippen molar-refractivity contribution in [3.05, 3.63) is 29.8 Å². The fraction of sp³-hybridized carbons (Fsp3) is 0.680. The van der Waals surface area contributed by atoms with Crippen molar-refractivity contribution in [1.82, 2.24) is 14.5 Å². The van der Waals surface area contributed by atoms with Gasteiger partial charge in [0.05, 0.1) is 4.90 Å². The van der Waals surface area contributed by atoms with Crippen LogP contribution in [0.25, 0.3) is 0 Å². The van der Waals surface area contributed by atoms with Crippen LogP contribution in [0.2, 0.25) is 0 Å². The van der Waals surface area contributed by atoms with E-state index >= 15 is 0 Å². The second kappa shape index (κ2) is 11.5. The summed E-state index contributed by atoms with van der Waals surface area (Å²) in [5.41, 5.74) is 0.129. The molecule has 2 fully saturated rings. The average Bonchev–Trinajstić information content (AvgIpc) is 2.85. The van der Waals surface area contributed by atoms with Crippen LogP contribution in [0.1, 0.15) is 77.2 Å². The van der Waals surface area contributed by atoms with E-state index in [1.54, 1.807) is 28.6 Å². The van der Waals surface area contributed by atoms with Gasteiger partial charge in [0.25, 0.3) is 0 Å². The molecule has 0 aromatic heterocycles. The van der Waals surface area contributed by atoms with Crippen molar-refractivity contribution in [1.29, 1.82) is 0 Å². The molecule has 1 heterocycles. The first-order valence-electron chi connectivity index (χ1n) is 12.5. The van der Waals surface area contributed by atoms with Crippen LogP contribution in [0.4, 0.5) is 0 Å². The first kappa shape index (κ1) is 25.7. The van der Waals surface area contributed by atoms with Gasteiger partial charge in [0.15, 0.2) is 0 Å². The first-order chi connectivity index (χ1) is 15.8. The van der Waals surface area contributed by atoms with E-state index in [0.29, 0.717) is 50.3 Å². The Kier molecular flexibility index (Phi) is 8.93. The topological polar surface area (TPSA) is 86.8 Å². The largest absolute Gasteiger partial charge is 0.342 e. The molecule has 8 heteroatoms. The Hall–Kier alpha value is -1.93. The van der Waals surface area contributed by atoms with Crippen LogP contribution >= 0.6 is 0 Å². The maximum absolute atomic E-state index is 13.2. The summed E-state index contributed by atoms with van der Waals surface area (Å²) in [6.45, 7) is 6.37. The third-order valence-electron chi connectivity index (χ3n) is 7.06. The fourth-order valence-corrected chi connectivity index (χ4v) is 6.55. The molecular weight excluding hydrogens is 438 g/mol. The summed E-state index contributed by atoms with van der Waals surface area (Å²) >= 11 is 0. The third-order valence-corrected chi connectivity index (χ3v) is 8.98. The Balaban J connectivity index is 1.60. The number of nitrogens with one attached hydrogen (secondary N) is 1. The van der Waals surface area contributed by atoms with Crippen molar-refractivity contribution < 1.29 is 18.0 Å². The predicted octanol–water partition coefficient (Wildman–Crippen LogP) is 3.48. The van der Waals surface area contributed by atoms with Crippen molar-refractivity contribution >= 4 is 21.8 Å². The van der Waals surface area contributed by atoms with E-state index < -0.39 is 15.6 Å². The predicted molar refractivity (Wildman–Crippen MR) is 129 cm³/mol. The Morgan fingerprint density at radius 2 is 1.52 bits per heavy atom. The molecule has 0 spiro atoms. The van der Waals surface area contributed by atoms with Gasteiger partial charge in [0.1, 0.15) is 5.54 Å². The molecule has 33 heavy (non-hydrogen) atoms. The number of carbonyl (C=O) groups is 2. The lowest BCUT2D eigenvalue weighted by atomic mass is 9.80. The SMILES string of the molecule is CCN(CC)C(=O)C1(NC(=O)CCc2ccc(S(=O)(=O)N3CCCCC3)cc2)CCCCC1. The number of benzene rings is 1. The van der Waals surface area contributed by atoms with Crippen LogP contribution in [-0.2, 0) is 26.0 Å². The summed E-state index contributed by atoms with van der Waals surface area (Å²) in [5.74, 6) is -0.0877. The number of amides is 2. The normalized spacial score (nSPS) is 19.1. The van der Waals surface area contributed by atoms with Gasteiger partial charge in [-0.2, -0.15) is 4.31 Å². The number of piperidine rings is 1. The lowest BCUT2D eigenvalue weighted by Gasteiger charge is -2.40. The van der Waals surface area contributed by atoms with Gasteiger partial charge in [-0.25, -0.2) is 8.42 Å². The number of hydrogen-bond donors (Lipinski definition) is 1. The van der Waals surface area contributed by atoms with Gasteiger partial charge in [0, 0.05) is 32.6 Å². The van der Waals surface area contributed by atoms with E-state index in [0.717, 1.165) is 44.1 Å². The molecule has 3 rings (SSSR count). The number of hydrogen-bond acceptors (Lipinski definition) is 4. The van der Waals surface area contributed by atoms with Gasteiger partial charge in [-0.1, -0.05) is 37.8 Å². The van der Waals surface area contributed by atoms with Gasteiger partial charge in [-0.3, -0.25) is 9.59 Å². The quantitative estimate of drug-likeness (QED) is 0.590. The molecule has 0 atom stereocenters. The molecule has 2 amide bonds. The summed E-state index contributed by atoms with van der Waals surface area (Å²) < 4.78 is 27.2. The molecule has 2 aliphatic rings. The zero-order valence-electron chi connectivity index (χ0n) is 20.1. The minimum Gasteiger partial charge on any atom is -0.342 e. The van der Waals surface area contributed by atoms with E-state index in [1.807, 2.05) is 18.7 Å². The van der Waals surface area contributed by atoms with Crippen LogP contribution in [-0.4, -0.2) is 61.2 Å². The lowest BCUT2D eigenvalue weighted by Crippen LogP contribution is -2.60. The highest BCUT2D eigenvalue weighted by Crippen LogP contribution is 2.30. The second-order valence-electron chi connectivity index (χ2n) is 9.28.